The molecule has 168 valence electrons. The first-order valence-electron chi connectivity index (χ1n) is 9.54. The number of carbonyl (C=O) groups is 2. The molecule has 0 spiro atoms. The van der Waals surface area contributed by atoms with Crippen molar-refractivity contribution in [2.45, 2.75) is 25.1 Å². The van der Waals surface area contributed by atoms with Crippen LogP contribution >= 0.6 is 0 Å². The van der Waals surface area contributed by atoms with Crippen molar-refractivity contribution in [1.82, 2.24) is 14.5 Å². The lowest BCUT2D eigenvalue weighted by molar-refractivity contribution is -0.272. The minimum Gasteiger partial charge on any atom is -0.374 e. The number of benzene rings is 1. The largest absolute Gasteiger partial charge is 0.425 e. The van der Waals surface area contributed by atoms with Crippen LogP contribution < -0.4 is 4.90 Å². The topological polar surface area (TPSA) is 78.7 Å². The first-order valence-corrected chi connectivity index (χ1v) is 9.54. The Morgan fingerprint density at radius 3 is 2.29 bits per heavy atom. The van der Waals surface area contributed by atoms with E-state index in [0.717, 1.165) is 16.8 Å². The molecule has 1 amide bonds. The monoisotopic (exact) mass is 442 g/mol. The van der Waals surface area contributed by atoms with Gasteiger partial charge in [0.1, 0.15) is 5.82 Å². The van der Waals surface area contributed by atoms with Gasteiger partial charge in [-0.2, -0.15) is 13.2 Å². The van der Waals surface area contributed by atoms with Crippen molar-refractivity contribution in [2.75, 3.05) is 31.1 Å². The molecule has 1 aromatic heterocycles. The molecule has 1 unspecified atom stereocenters. The summed E-state index contributed by atoms with van der Waals surface area (Å²) in [5, 5.41) is 10.4. The highest BCUT2D eigenvalue weighted by molar-refractivity contribution is 5.94. The molecular formula is C20H22F4N4O3. The van der Waals surface area contributed by atoms with Crippen LogP contribution in [0.4, 0.5) is 23.2 Å². The normalized spacial score (nSPS) is 16.9. The van der Waals surface area contributed by atoms with Gasteiger partial charge in [0.15, 0.2) is 11.6 Å². The number of piperazine rings is 1. The lowest BCUT2D eigenvalue weighted by Crippen LogP contribution is -2.53. The van der Waals surface area contributed by atoms with Crippen molar-refractivity contribution in [3.8, 4) is 0 Å². The van der Waals surface area contributed by atoms with Crippen molar-refractivity contribution in [1.29, 1.82) is 0 Å². The van der Waals surface area contributed by atoms with Crippen molar-refractivity contribution in [3.05, 3.63) is 47.8 Å². The number of imidazole rings is 1. The Morgan fingerprint density at radius 1 is 1.16 bits per heavy atom. The standard InChI is InChI=1S/C20H22F4N4O3/c1-13(29)14-3-4-16(15(21)11-14)27-7-9-28(10-8-27)17(30)12-19(31,20(22,23)24)18-25-5-6-26(18)2/h3-6,11,31H,7-10,12H2,1-2H3. The molecule has 1 aliphatic heterocycles. The maximum Gasteiger partial charge on any atom is 0.425 e. The van der Waals surface area contributed by atoms with Gasteiger partial charge in [-0.25, -0.2) is 9.37 Å². The Morgan fingerprint density at radius 2 is 1.81 bits per heavy atom. The first kappa shape index (κ1) is 22.7. The molecule has 1 N–H and O–H groups in total. The van der Waals surface area contributed by atoms with Crippen molar-refractivity contribution < 1.29 is 32.3 Å². The van der Waals surface area contributed by atoms with Crippen LogP contribution in [0.5, 0.6) is 0 Å². The third kappa shape index (κ3) is 4.41. The highest BCUT2D eigenvalue weighted by atomic mass is 19.4. The number of ketones is 1. The van der Waals surface area contributed by atoms with Crippen molar-refractivity contribution >= 4 is 17.4 Å². The van der Waals surface area contributed by atoms with Crippen LogP contribution in [0.3, 0.4) is 0 Å². The molecule has 31 heavy (non-hydrogen) atoms. The Balaban J connectivity index is 1.70. The predicted molar refractivity (Wildman–Crippen MR) is 103 cm³/mol. The number of halogens is 4. The molecule has 2 heterocycles. The molecular weight excluding hydrogens is 420 g/mol. The van der Waals surface area contributed by atoms with E-state index in [-0.39, 0.29) is 43.2 Å². The molecule has 0 radical (unpaired) electrons. The van der Waals surface area contributed by atoms with Crippen LogP contribution in [-0.4, -0.2) is 63.6 Å². The number of aromatic nitrogens is 2. The van der Waals surface area contributed by atoms with E-state index in [1.807, 2.05) is 0 Å². The van der Waals surface area contributed by atoms with Crippen LogP contribution in [0.25, 0.3) is 0 Å². The van der Waals surface area contributed by atoms with E-state index in [0.29, 0.717) is 0 Å². The Bertz CT molecular complexity index is 983. The molecule has 2 aromatic rings. The summed E-state index contributed by atoms with van der Waals surface area (Å²) in [4.78, 5) is 30.4. The highest BCUT2D eigenvalue weighted by Crippen LogP contribution is 2.41. The SMILES string of the molecule is CC(=O)c1ccc(N2CCN(C(=O)CC(O)(c3nccn3C)C(F)(F)F)CC2)c(F)c1. The van der Waals surface area contributed by atoms with E-state index in [1.165, 1.54) is 37.2 Å². The number of rotatable bonds is 5. The number of Topliss-reactive ketones (excluding diaryl/α,β-unsaturated/α-hetero) is 1. The van der Waals surface area contributed by atoms with Crippen LogP contribution in [0, 0.1) is 5.82 Å². The van der Waals surface area contributed by atoms with Crippen LogP contribution in [0.15, 0.2) is 30.6 Å². The fourth-order valence-corrected chi connectivity index (χ4v) is 3.58. The van der Waals surface area contributed by atoms with Gasteiger partial charge in [-0.05, 0) is 25.1 Å². The van der Waals surface area contributed by atoms with E-state index in [4.69, 9.17) is 0 Å². The molecule has 7 nitrogen and oxygen atoms in total. The lowest BCUT2D eigenvalue weighted by atomic mass is 9.96. The first-order chi connectivity index (χ1) is 14.4. The quantitative estimate of drug-likeness (QED) is 0.568. The fourth-order valence-electron chi connectivity index (χ4n) is 3.58. The zero-order chi connectivity index (χ0) is 23.0. The predicted octanol–water partition coefficient (Wildman–Crippen LogP) is 2.25. The van der Waals surface area contributed by atoms with Crippen molar-refractivity contribution in [2.24, 2.45) is 7.05 Å². The third-order valence-corrected chi connectivity index (χ3v) is 5.39. The summed E-state index contributed by atoms with van der Waals surface area (Å²) in [5.41, 5.74) is -2.94. The van der Waals surface area contributed by atoms with Crippen LogP contribution in [0.2, 0.25) is 0 Å². The summed E-state index contributed by atoms with van der Waals surface area (Å²) < 4.78 is 56.3. The molecule has 1 fully saturated rings. The maximum atomic E-state index is 14.4. The zero-order valence-electron chi connectivity index (χ0n) is 17.0. The number of carbonyl (C=O) groups excluding carboxylic acids is 2. The van der Waals surface area contributed by atoms with E-state index >= 15 is 0 Å². The Kier molecular flexibility index (Phi) is 6.08. The summed E-state index contributed by atoms with van der Waals surface area (Å²) in [7, 11) is 1.30. The average Bonchev–Trinajstić information content (AvgIpc) is 3.13. The number of nitrogens with zero attached hydrogens (tertiary/aromatic N) is 4. The number of alkyl halides is 3. The Labute approximate surface area is 175 Å². The molecule has 1 aliphatic rings. The Hall–Kier alpha value is -2.95. The molecule has 1 saturated heterocycles. The second-order valence-corrected chi connectivity index (χ2v) is 7.49. The van der Waals surface area contributed by atoms with Gasteiger partial charge in [0.2, 0.25) is 11.5 Å². The summed E-state index contributed by atoms with van der Waals surface area (Å²) in [6.45, 7) is 1.82. The number of hydrogen-bond acceptors (Lipinski definition) is 5. The zero-order valence-corrected chi connectivity index (χ0v) is 17.0. The number of hydrogen-bond donors (Lipinski definition) is 1. The van der Waals surface area contributed by atoms with Gasteiger partial charge in [0.25, 0.3) is 0 Å². The van der Waals surface area contributed by atoms with Crippen LogP contribution in [-0.2, 0) is 17.4 Å². The molecule has 0 saturated carbocycles. The second kappa shape index (κ2) is 8.29. The third-order valence-electron chi connectivity index (χ3n) is 5.39. The van der Waals surface area contributed by atoms with E-state index in [1.54, 1.807) is 4.90 Å². The van der Waals surface area contributed by atoms with Gasteiger partial charge in [-0.1, -0.05) is 0 Å². The second-order valence-electron chi connectivity index (χ2n) is 7.49. The maximum absolute atomic E-state index is 14.4. The summed E-state index contributed by atoms with van der Waals surface area (Å²) in [5.74, 6) is -2.41. The smallest absolute Gasteiger partial charge is 0.374 e. The summed E-state index contributed by atoms with van der Waals surface area (Å²) in [6.07, 6.45) is -3.95. The molecule has 0 bridgehead atoms. The minimum absolute atomic E-state index is 0.0568. The molecule has 3 rings (SSSR count). The van der Waals surface area contributed by atoms with Gasteiger partial charge in [0.05, 0.1) is 12.1 Å². The van der Waals surface area contributed by atoms with Gasteiger partial charge >= 0.3 is 6.18 Å². The molecule has 0 aliphatic carbocycles. The molecule has 1 aromatic carbocycles. The number of aliphatic hydroxyl groups is 1. The fraction of sp³-hybridized carbons (Fsp3) is 0.450. The van der Waals surface area contributed by atoms with Gasteiger partial charge in [-0.15, -0.1) is 0 Å². The average molecular weight is 442 g/mol. The number of anilines is 1. The van der Waals surface area contributed by atoms with E-state index in [2.05, 4.69) is 4.98 Å². The van der Waals surface area contributed by atoms with Crippen LogP contribution in [0.1, 0.15) is 29.5 Å². The lowest BCUT2D eigenvalue weighted by Gasteiger charge is -2.38. The minimum atomic E-state index is -5.11. The van der Waals surface area contributed by atoms with Gasteiger partial charge in [-0.3, -0.25) is 9.59 Å². The van der Waals surface area contributed by atoms with Gasteiger partial charge < -0.3 is 19.5 Å². The van der Waals surface area contributed by atoms with Crippen molar-refractivity contribution in [3.63, 3.8) is 0 Å². The molecule has 11 heteroatoms. The number of aryl methyl sites for hydroxylation is 1. The van der Waals surface area contributed by atoms with Gasteiger partial charge in [0, 0.05) is 51.2 Å². The van der Waals surface area contributed by atoms with E-state index < -0.39 is 35.7 Å². The highest BCUT2D eigenvalue weighted by Gasteiger charge is 2.59. The van der Waals surface area contributed by atoms with E-state index in [9.17, 15) is 32.3 Å². The number of amides is 1. The summed E-state index contributed by atoms with van der Waals surface area (Å²) in [6, 6.07) is 4.09. The molecule has 1 atom stereocenters. The summed E-state index contributed by atoms with van der Waals surface area (Å²) >= 11 is 0.